The summed E-state index contributed by atoms with van der Waals surface area (Å²) in [6.45, 7) is 5.99. The molecule has 1 saturated heterocycles. The average molecular weight is 505 g/mol. The highest BCUT2D eigenvalue weighted by Gasteiger charge is 2.25. The van der Waals surface area contributed by atoms with Crippen molar-refractivity contribution in [1.82, 2.24) is 35.1 Å². The predicted octanol–water partition coefficient (Wildman–Crippen LogP) is 1.33. The number of carbonyl (C=O) groups is 2. The Morgan fingerprint density at radius 1 is 1.06 bits per heavy atom. The van der Waals surface area contributed by atoms with Crippen LogP contribution in [0.4, 0.5) is 26.6 Å². The smallest absolute Gasteiger partial charge is 0.281 e. The number of aromatic nitrogens is 5. The first-order valence-corrected chi connectivity index (χ1v) is 11.5. The molecule has 1 aliphatic heterocycles. The largest absolute Gasteiger partial charge is 0.368 e. The Morgan fingerprint density at radius 3 is 2.44 bits per heavy atom. The second kappa shape index (κ2) is 12.1. The van der Waals surface area contributed by atoms with Crippen molar-refractivity contribution in [3.63, 3.8) is 0 Å². The van der Waals surface area contributed by atoms with Gasteiger partial charge in [0.2, 0.25) is 29.7 Å². The molecule has 0 unspecified atom stereocenters. The lowest BCUT2D eigenvalue weighted by molar-refractivity contribution is -0.131. The second-order valence-electron chi connectivity index (χ2n) is 8.48. The zero-order valence-electron chi connectivity index (χ0n) is 20.2. The van der Waals surface area contributed by atoms with Gasteiger partial charge in [-0.2, -0.15) is 15.0 Å². The number of nitrogens with one attached hydrogen (secondary N) is 1. The van der Waals surface area contributed by atoms with Gasteiger partial charge in [0.15, 0.2) is 5.82 Å². The summed E-state index contributed by atoms with van der Waals surface area (Å²) in [5, 5.41) is 2.79. The zero-order chi connectivity index (χ0) is 26.2. The maximum Gasteiger partial charge on any atom is 0.281 e. The van der Waals surface area contributed by atoms with E-state index in [4.69, 9.17) is 11.5 Å². The van der Waals surface area contributed by atoms with E-state index in [2.05, 4.69) is 30.2 Å². The molecular formula is C22H30F2N10O2. The van der Waals surface area contributed by atoms with Crippen LogP contribution >= 0.6 is 0 Å². The van der Waals surface area contributed by atoms with Gasteiger partial charge in [0.1, 0.15) is 5.69 Å². The Hall–Kier alpha value is -3.97. The van der Waals surface area contributed by atoms with Gasteiger partial charge in [-0.15, -0.1) is 0 Å². The van der Waals surface area contributed by atoms with E-state index in [1.807, 2.05) is 18.7 Å². The number of rotatable bonds is 9. The number of nitrogens with two attached hydrogens (primary N) is 2. The maximum atomic E-state index is 13.5. The summed E-state index contributed by atoms with van der Waals surface area (Å²) in [5.74, 6) is -0.389. The summed E-state index contributed by atoms with van der Waals surface area (Å²) in [6, 6.07) is 0. The molecule has 0 radical (unpaired) electrons. The monoisotopic (exact) mass is 504 g/mol. The highest BCUT2D eigenvalue weighted by molar-refractivity contribution is 5.88. The quantitative estimate of drug-likeness (QED) is 0.334. The van der Waals surface area contributed by atoms with Crippen molar-refractivity contribution >= 4 is 29.7 Å². The van der Waals surface area contributed by atoms with Crippen LogP contribution in [0.15, 0.2) is 17.8 Å². The minimum atomic E-state index is -2.91. The number of anilines is 3. The lowest BCUT2D eigenvalue weighted by Crippen LogP contribution is -2.49. The third-order valence-corrected chi connectivity index (χ3v) is 5.38. The molecule has 12 nitrogen and oxygen atoms in total. The van der Waals surface area contributed by atoms with Gasteiger partial charge < -0.3 is 26.6 Å². The summed E-state index contributed by atoms with van der Waals surface area (Å²) in [5.41, 5.74) is 11.5. The van der Waals surface area contributed by atoms with Crippen LogP contribution in [0.25, 0.3) is 11.4 Å². The number of hydrogen-bond acceptors (Lipinski definition) is 10. The molecule has 0 saturated carbocycles. The molecule has 0 aliphatic carbocycles. The van der Waals surface area contributed by atoms with E-state index >= 15 is 0 Å². The Kier molecular flexibility index (Phi) is 8.97. The molecule has 194 valence electrons. The number of halogens is 2. The Labute approximate surface area is 207 Å². The fraction of sp³-hybridized carbons (Fsp3) is 0.500. The molecule has 2 aromatic heterocycles. The molecule has 0 aromatic carbocycles. The molecule has 1 fully saturated rings. The van der Waals surface area contributed by atoms with Crippen molar-refractivity contribution in [2.45, 2.75) is 39.5 Å². The fourth-order valence-electron chi connectivity index (χ4n) is 3.63. The number of allylic oxidation sites excluding steroid dienone is 1. The molecule has 3 rings (SSSR count). The molecule has 1 aliphatic rings. The van der Waals surface area contributed by atoms with Crippen LogP contribution in [0, 0.1) is 0 Å². The molecule has 2 amide bonds. The first-order valence-electron chi connectivity index (χ1n) is 11.5. The van der Waals surface area contributed by atoms with Crippen molar-refractivity contribution in [3.8, 4) is 11.4 Å². The van der Waals surface area contributed by atoms with Crippen LogP contribution in [0.5, 0.6) is 0 Å². The van der Waals surface area contributed by atoms with Gasteiger partial charge in [-0.3, -0.25) is 9.59 Å². The second-order valence-corrected chi connectivity index (χ2v) is 8.48. The van der Waals surface area contributed by atoms with Gasteiger partial charge in [-0.05, 0) is 26.7 Å². The minimum absolute atomic E-state index is 0.0294. The van der Waals surface area contributed by atoms with E-state index in [0.717, 1.165) is 11.8 Å². The fourth-order valence-corrected chi connectivity index (χ4v) is 3.63. The van der Waals surface area contributed by atoms with Crippen molar-refractivity contribution in [1.29, 1.82) is 0 Å². The number of carbonyl (C=O) groups excluding carboxylic acids is 2. The van der Waals surface area contributed by atoms with Crippen LogP contribution in [0.1, 0.15) is 45.2 Å². The van der Waals surface area contributed by atoms with E-state index in [1.165, 1.54) is 6.08 Å². The Balaban J connectivity index is 1.55. The lowest BCUT2D eigenvalue weighted by Gasteiger charge is -2.35. The van der Waals surface area contributed by atoms with Crippen molar-refractivity contribution in [2.24, 2.45) is 0 Å². The van der Waals surface area contributed by atoms with Gasteiger partial charge >= 0.3 is 0 Å². The minimum Gasteiger partial charge on any atom is -0.368 e. The van der Waals surface area contributed by atoms with Gasteiger partial charge in [0.05, 0.1) is 5.56 Å². The molecule has 0 spiro atoms. The molecular weight excluding hydrogens is 474 g/mol. The number of hydrogen-bond donors (Lipinski definition) is 3. The summed E-state index contributed by atoms with van der Waals surface area (Å²) in [6.07, 6.45) is 1.51. The molecule has 14 heteroatoms. The Bertz CT molecular complexity index is 1120. The average Bonchev–Trinajstić information content (AvgIpc) is 2.82. The van der Waals surface area contributed by atoms with Crippen LogP contribution in [0.2, 0.25) is 0 Å². The molecule has 0 bridgehead atoms. The van der Waals surface area contributed by atoms with Crippen molar-refractivity contribution in [2.75, 3.05) is 49.1 Å². The van der Waals surface area contributed by atoms with Gasteiger partial charge in [-0.25, -0.2) is 18.7 Å². The highest BCUT2D eigenvalue weighted by atomic mass is 19.3. The molecule has 2 aromatic rings. The van der Waals surface area contributed by atoms with E-state index in [1.54, 1.807) is 4.90 Å². The third kappa shape index (κ3) is 7.26. The number of nitrogen functional groups attached to an aromatic ring is 2. The summed E-state index contributed by atoms with van der Waals surface area (Å²) >= 11 is 0. The SMILES string of the molecule is CC(C)=CC(=O)NCCCCC(=O)N1CCN(c2nc(N)nc(-c3cnc(N)nc3C(F)F)n2)CC1. The van der Waals surface area contributed by atoms with Crippen LogP contribution in [-0.2, 0) is 9.59 Å². The van der Waals surface area contributed by atoms with Crippen molar-refractivity contribution in [3.05, 3.63) is 23.5 Å². The predicted molar refractivity (Wildman–Crippen MR) is 130 cm³/mol. The maximum absolute atomic E-state index is 13.5. The first-order chi connectivity index (χ1) is 17.1. The topological polar surface area (TPSA) is 169 Å². The summed E-state index contributed by atoms with van der Waals surface area (Å²) in [4.78, 5) is 47.5. The molecule has 5 N–H and O–H groups in total. The van der Waals surface area contributed by atoms with E-state index in [0.29, 0.717) is 52.0 Å². The highest BCUT2D eigenvalue weighted by Crippen LogP contribution is 2.28. The summed E-state index contributed by atoms with van der Waals surface area (Å²) < 4.78 is 26.9. The van der Waals surface area contributed by atoms with E-state index in [9.17, 15) is 18.4 Å². The van der Waals surface area contributed by atoms with Gasteiger partial charge in [0.25, 0.3) is 6.43 Å². The molecule has 0 atom stereocenters. The van der Waals surface area contributed by atoms with Crippen molar-refractivity contribution < 1.29 is 18.4 Å². The normalized spacial score (nSPS) is 13.6. The zero-order valence-corrected chi connectivity index (χ0v) is 20.2. The van der Waals surface area contributed by atoms with Crippen LogP contribution in [0.3, 0.4) is 0 Å². The lowest BCUT2D eigenvalue weighted by atomic mass is 10.2. The van der Waals surface area contributed by atoms with Gasteiger partial charge in [-0.1, -0.05) is 5.57 Å². The van der Waals surface area contributed by atoms with Gasteiger partial charge in [0, 0.05) is 51.4 Å². The number of piperazine rings is 1. The van der Waals surface area contributed by atoms with Crippen LogP contribution < -0.4 is 21.7 Å². The Morgan fingerprint density at radius 2 is 1.78 bits per heavy atom. The third-order valence-electron chi connectivity index (χ3n) is 5.38. The number of alkyl halides is 2. The molecule has 3 heterocycles. The standard InChI is InChI=1S/C22H30F2N10O2/c1-13(2)11-15(35)27-6-4-3-5-16(36)33-7-9-34(10-8-33)22-31-19(30-21(26)32-22)14-12-28-20(25)29-17(14)18(23)24/h11-12,18H,3-10H2,1-2H3,(H,27,35)(H2,25,28,29)(H2,26,30,31,32). The first kappa shape index (κ1) is 26.6. The summed E-state index contributed by atoms with van der Waals surface area (Å²) in [7, 11) is 0. The van der Waals surface area contributed by atoms with Crippen LogP contribution in [-0.4, -0.2) is 74.4 Å². The molecule has 36 heavy (non-hydrogen) atoms. The number of unbranched alkanes of at least 4 members (excludes halogenated alkanes) is 1. The van der Waals surface area contributed by atoms with E-state index in [-0.39, 0.29) is 41.0 Å². The number of nitrogens with zero attached hydrogens (tertiary/aromatic N) is 7. The number of amides is 2. The van der Waals surface area contributed by atoms with E-state index < -0.39 is 12.1 Å².